The molecule has 21 heavy (non-hydrogen) atoms. The van der Waals surface area contributed by atoms with Crippen LogP contribution in [0.3, 0.4) is 0 Å². The summed E-state index contributed by atoms with van der Waals surface area (Å²) in [6.07, 6.45) is 11.6. The number of aryl methyl sites for hydroxylation is 1. The van der Waals surface area contributed by atoms with Gasteiger partial charge in [0.25, 0.3) is 0 Å². The van der Waals surface area contributed by atoms with Crippen molar-refractivity contribution < 1.29 is 0 Å². The lowest BCUT2D eigenvalue weighted by atomic mass is 9.74. The Labute approximate surface area is 128 Å². The van der Waals surface area contributed by atoms with E-state index in [1.54, 1.807) is 0 Å². The van der Waals surface area contributed by atoms with Crippen LogP contribution >= 0.6 is 0 Å². The maximum Gasteiger partial charge on any atom is 0.0866 e. The Kier molecular flexibility index (Phi) is 3.64. The molecule has 1 aromatic rings. The zero-order valence-electron chi connectivity index (χ0n) is 13.5. The standard InChI is InChI=1S/C19H26N2/c1-18(2,3)20-15-21-14-7-6-12-19(21)13-8-10-16-9-4-5-11-17(16)19/h4-6,9,11-12,15H,7-8,10,13-14H2,1-3H3. The molecule has 0 radical (unpaired) electrons. The number of rotatable bonds is 1. The first-order chi connectivity index (χ1) is 10.0. The summed E-state index contributed by atoms with van der Waals surface area (Å²) in [6.45, 7) is 7.53. The van der Waals surface area contributed by atoms with Gasteiger partial charge >= 0.3 is 0 Å². The van der Waals surface area contributed by atoms with E-state index in [1.165, 1.54) is 30.4 Å². The first kappa shape index (κ1) is 14.4. The van der Waals surface area contributed by atoms with Crippen LogP contribution in [-0.4, -0.2) is 23.3 Å². The van der Waals surface area contributed by atoms with Gasteiger partial charge in [0, 0.05) is 6.54 Å². The average Bonchev–Trinajstić information content (AvgIpc) is 2.46. The molecule has 1 heterocycles. The third-order valence-electron chi connectivity index (χ3n) is 4.51. The third kappa shape index (κ3) is 2.76. The van der Waals surface area contributed by atoms with Gasteiger partial charge in [-0.1, -0.05) is 36.4 Å². The number of hydrogen-bond donors (Lipinski definition) is 0. The Bertz CT molecular complexity index is 565. The molecule has 1 aliphatic carbocycles. The normalized spacial score (nSPS) is 25.6. The topological polar surface area (TPSA) is 15.6 Å². The summed E-state index contributed by atoms with van der Waals surface area (Å²) >= 11 is 0. The average molecular weight is 282 g/mol. The molecule has 2 heteroatoms. The SMILES string of the molecule is CC(C)(C)N=CN1CCC=CC12CCCc1ccccc12. The van der Waals surface area contributed by atoms with E-state index in [2.05, 4.69) is 68.4 Å². The second-order valence-electron chi connectivity index (χ2n) is 7.23. The second kappa shape index (κ2) is 5.32. The molecule has 1 aromatic carbocycles. The van der Waals surface area contributed by atoms with Crippen molar-refractivity contribution in [3.05, 3.63) is 47.5 Å². The lowest BCUT2D eigenvalue weighted by molar-refractivity contribution is 0.196. The predicted molar refractivity (Wildman–Crippen MR) is 89.8 cm³/mol. The van der Waals surface area contributed by atoms with Crippen molar-refractivity contribution in [1.29, 1.82) is 0 Å². The Balaban J connectivity index is 2.03. The van der Waals surface area contributed by atoms with E-state index in [-0.39, 0.29) is 11.1 Å². The number of benzene rings is 1. The smallest absolute Gasteiger partial charge is 0.0866 e. The van der Waals surface area contributed by atoms with Gasteiger partial charge < -0.3 is 4.90 Å². The van der Waals surface area contributed by atoms with Gasteiger partial charge in [-0.25, -0.2) is 0 Å². The van der Waals surface area contributed by atoms with E-state index in [9.17, 15) is 0 Å². The summed E-state index contributed by atoms with van der Waals surface area (Å²) in [5, 5.41) is 0. The molecule has 1 unspecified atom stereocenters. The monoisotopic (exact) mass is 282 g/mol. The van der Waals surface area contributed by atoms with Gasteiger partial charge in [0.15, 0.2) is 0 Å². The van der Waals surface area contributed by atoms with E-state index < -0.39 is 0 Å². The summed E-state index contributed by atoms with van der Waals surface area (Å²) in [5.74, 6) is 0. The first-order valence-electron chi connectivity index (χ1n) is 8.09. The van der Waals surface area contributed by atoms with Crippen LogP contribution in [0.15, 0.2) is 41.4 Å². The second-order valence-corrected chi connectivity index (χ2v) is 7.23. The van der Waals surface area contributed by atoms with Crippen molar-refractivity contribution in [2.75, 3.05) is 6.54 Å². The number of nitrogens with zero attached hydrogens (tertiary/aromatic N) is 2. The highest BCUT2D eigenvalue weighted by Crippen LogP contribution is 2.42. The summed E-state index contributed by atoms with van der Waals surface area (Å²) in [7, 11) is 0. The minimum absolute atomic E-state index is 0.0173. The van der Waals surface area contributed by atoms with Gasteiger partial charge in [-0.15, -0.1) is 0 Å². The van der Waals surface area contributed by atoms with E-state index in [0.717, 1.165) is 13.0 Å². The minimum Gasteiger partial charge on any atom is -0.349 e. The maximum absolute atomic E-state index is 4.77. The van der Waals surface area contributed by atoms with Crippen molar-refractivity contribution in [3.8, 4) is 0 Å². The van der Waals surface area contributed by atoms with E-state index in [1.807, 2.05) is 0 Å². The molecule has 2 nitrogen and oxygen atoms in total. The van der Waals surface area contributed by atoms with Crippen molar-refractivity contribution in [3.63, 3.8) is 0 Å². The molecule has 2 aliphatic rings. The predicted octanol–water partition coefficient (Wildman–Crippen LogP) is 4.31. The van der Waals surface area contributed by atoms with Gasteiger partial charge in [0.05, 0.1) is 17.4 Å². The van der Waals surface area contributed by atoms with Crippen molar-refractivity contribution in [2.24, 2.45) is 4.99 Å². The number of hydrogen-bond acceptors (Lipinski definition) is 1. The Morgan fingerprint density at radius 2 is 2.05 bits per heavy atom. The molecule has 0 N–H and O–H groups in total. The third-order valence-corrected chi connectivity index (χ3v) is 4.51. The molecule has 1 spiro atoms. The van der Waals surface area contributed by atoms with Crippen molar-refractivity contribution in [1.82, 2.24) is 4.90 Å². The lowest BCUT2D eigenvalue weighted by Gasteiger charge is -2.47. The van der Waals surface area contributed by atoms with Crippen molar-refractivity contribution in [2.45, 2.75) is 57.5 Å². The molecule has 1 aliphatic heterocycles. The Hall–Kier alpha value is -1.57. The molecule has 0 bridgehead atoms. The van der Waals surface area contributed by atoms with Crippen LogP contribution < -0.4 is 0 Å². The minimum atomic E-state index is -0.0173. The summed E-state index contributed by atoms with van der Waals surface area (Å²) < 4.78 is 0. The van der Waals surface area contributed by atoms with Crippen LogP contribution in [0.2, 0.25) is 0 Å². The first-order valence-corrected chi connectivity index (χ1v) is 8.09. The van der Waals surface area contributed by atoms with E-state index >= 15 is 0 Å². The highest BCUT2D eigenvalue weighted by molar-refractivity contribution is 5.60. The fraction of sp³-hybridized carbons (Fsp3) is 0.526. The highest BCUT2D eigenvalue weighted by Gasteiger charge is 2.39. The lowest BCUT2D eigenvalue weighted by Crippen LogP contribution is -2.48. The number of fused-ring (bicyclic) bond motifs is 2. The van der Waals surface area contributed by atoms with Crippen LogP contribution in [0.25, 0.3) is 0 Å². The number of aliphatic imine (C=N–C) groups is 1. The summed E-state index contributed by atoms with van der Waals surface area (Å²) in [6, 6.07) is 8.94. The van der Waals surface area contributed by atoms with E-state index in [0.29, 0.717) is 0 Å². The molecule has 0 fully saturated rings. The largest absolute Gasteiger partial charge is 0.349 e. The molecule has 0 saturated heterocycles. The molecule has 0 amide bonds. The molecule has 1 atom stereocenters. The van der Waals surface area contributed by atoms with Gasteiger partial charge in [-0.3, -0.25) is 4.99 Å². The van der Waals surface area contributed by atoms with Crippen LogP contribution in [0.1, 0.15) is 51.2 Å². The van der Waals surface area contributed by atoms with Crippen LogP contribution in [0.5, 0.6) is 0 Å². The fourth-order valence-corrected chi connectivity index (χ4v) is 3.51. The highest BCUT2D eigenvalue weighted by atomic mass is 15.2. The molecule has 0 saturated carbocycles. The van der Waals surface area contributed by atoms with Crippen LogP contribution in [0, 0.1) is 0 Å². The zero-order valence-corrected chi connectivity index (χ0v) is 13.5. The fourth-order valence-electron chi connectivity index (χ4n) is 3.51. The quantitative estimate of drug-likeness (QED) is 0.426. The molecule has 112 valence electrons. The Morgan fingerprint density at radius 3 is 2.86 bits per heavy atom. The van der Waals surface area contributed by atoms with Crippen molar-refractivity contribution >= 4 is 6.34 Å². The summed E-state index contributed by atoms with van der Waals surface area (Å²) in [4.78, 5) is 7.24. The van der Waals surface area contributed by atoms with Gasteiger partial charge in [0.1, 0.15) is 0 Å². The van der Waals surface area contributed by atoms with Gasteiger partial charge in [0.2, 0.25) is 0 Å². The zero-order chi connectivity index (χ0) is 14.9. The maximum atomic E-state index is 4.77. The molecular formula is C19H26N2. The molecular weight excluding hydrogens is 256 g/mol. The van der Waals surface area contributed by atoms with Gasteiger partial charge in [-0.2, -0.15) is 0 Å². The molecule has 0 aromatic heterocycles. The van der Waals surface area contributed by atoms with Crippen LogP contribution in [-0.2, 0) is 12.0 Å². The van der Waals surface area contributed by atoms with Crippen LogP contribution in [0.4, 0.5) is 0 Å². The summed E-state index contributed by atoms with van der Waals surface area (Å²) in [5.41, 5.74) is 3.00. The van der Waals surface area contributed by atoms with E-state index in [4.69, 9.17) is 4.99 Å². The van der Waals surface area contributed by atoms with Gasteiger partial charge in [-0.05, 0) is 57.6 Å². The molecule has 3 rings (SSSR count). The Morgan fingerprint density at radius 1 is 1.24 bits per heavy atom.